The molecule has 1 fully saturated rings. The molecule has 2 heteroatoms. The van der Waals surface area contributed by atoms with Gasteiger partial charge < -0.3 is 0 Å². The van der Waals surface area contributed by atoms with Crippen molar-refractivity contribution in [3.63, 3.8) is 0 Å². The van der Waals surface area contributed by atoms with E-state index in [1.807, 2.05) is 0 Å². The summed E-state index contributed by atoms with van der Waals surface area (Å²) in [4.78, 5) is 2.59. The molecule has 0 bridgehead atoms. The highest BCUT2D eigenvalue weighted by molar-refractivity contribution is 9.09. The Labute approximate surface area is 113 Å². The van der Waals surface area contributed by atoms with Crippen LogP contribution in [0.4, 0.5) is 0 Å². The van der Waals surface area contributed by atoms with E-state index in [4.69, 9.17) is 0 Å². The Morgan fingerprint density at radius 2 is 1.71 bits per heavy atom. The van der Waals surface area contributed by atoms with Crippen LogP contribution in [0, 0.1) is 19.8 Å². The largest absolute Gasteiger partial charge is 0.299 e. The maximum Gasteiger partial charge on any atom is 0.0233 e. The molecule has 0 saturated carbocycles. The van der Waals surface area contributed by atoms with Gasteiger partial charge in [-0.2, -0.15) is 0 Å². The molecule has 1 saturated heterocycles. The van der Waals surface area contributed by atoms with Crippen LogP contribution in [0.1, 0.15) is 29.5 Å². The van der Waals surface area contributed by atoms with Gasteiger partial charge in [0.2, 0.25) is 0 Å². The summed E-state index contributed by atoms with van der Waals surface area (Å²) in [6.07, 6.45) is 2.69. The van der Waals surface area contributed by atoms with Crippen molar-refractivity contribution in [1.82, 2.24) is 4.90 Å². The first-order valence-corrected chi connectivity index (χ1v) is 7.65. The van der Waals surface area contributed by atoms with Crippen LogP contribution < -0.4 is 0 Å². The molecule has 0 unspecified atom stereocenters. The van der Waals surface area contributed by atoms with Gasteiger partial charge >= 0.3 is 0 Å². The molecule has 0 aromatic heterocycles. The zero-order chi connectivity index (χ0) is 12.3. The van der Waals surface area contributed by atoms with Crippen molar-refractivity contribution in [2.45, 2.75) is 33.2 Å². The number of hydrogen-bond acceptors (Lipinski definition) is 1. The predicted molar refractivity (Wildman–Crippen MR) is 77.7 cm³/mol. The van der Waals surface area contributed by atoms with Gasteiger partial charge in [-0.1, -0.05) is 45.3 Å². The van der Waals surface area contributed by atoms with Gasteiger partial charge in [-0.3, -0.25) is 4.90 Å². The lowest BCUT2D eigenvalue weighted by atomic mass is 9.98. The zero-order valence-corrected chi connectivity index (χ0v) is 12.5. The normalized spacial score (nSPS) is 18.5. The number of aryl methyl sites for hydroxylation is 2. The minimum Gasteiger partial charge on any atom is -0.299 e. The lowest BCUT2D eigenvalue weighted by Gasteiger charge is -2.31. The quantitative estimate of drug-likeness (QED) is 0.764. The molecule has 0 N–H and O–H groups in total. The Kier molecular flexibility index (Phi) is 4.63. The van der Waals surface area contributed by atoms with Crippen molar-refractivity contribution < 1.29 is 0 Å². The van der Waals surface area contributed by atoms with Crippen LogP contribution >= 0.6 is 15.9 Å². The van der Waals surface area contributed by atoms with Crippen LogP contribution in [-0.4, -0.2) is 23.3 Å². The molecule has 1 heterocycles. The molecule has 2 rings (SSSR count). The maximum absolute atomic E-state index is 3.60. The van der Waals surface area contributed by atoms with Gasteiger partial charge in [-0.05, 0) is 51.3 Å². The fourth-order valence-electron chi connectivity index (χ4n) is 2.72. The maximum atomic E-state index is 3.60. The van der Waals surface area contributed by atoms with Crippen LogP contribution in [0.5, 0.6) is 0 Å². The molecule has 1 aliphatic rings. The van der Waals surface area contributed by atoms with Crippen LogP contribution in [-0.2, 0) is 6.54 Å². The van der Waals surface area contributed by atoms with Crippen molar-refractivity contribution in [3.05, 3.63) is 34.9 Å². The summed E-state index contributed by atoms with van der Waals surface area (Å²) in [5.74, 6) is 0.894. The van der Waals surface area contributed by atoms with Gasteiger partial charge in [0.15, 0.2) is 0 Å². The number of likely N-dealkylation sites (tertiary alicyclic amines) is 1. The van der Waals surface area contributed by atoms with Gasteiger partial charge in [0.25, 0.3) is 0 Å². The molecule has 0 amide bonds. The van der Waals surface area contributed by atoms with E-state index in [0.29, 0.717) is 0 Å². The Bertz CT molecular complexity index is 347. The number of halogens is 1. The van der Waals surface area contributed by atoms with Crippen LogP contribution in [0.2, 0.25) is 0 Å². The van der Waals surface area contributed by atoms with Gasteiger partial charge in [0.05, 0.1) is 0 Å². The van der Waals surface area contributed by atoms with Gasteiger partial charge in [0, 0.05) is 11.9 Å². The summed E-state index contributed by atoms with van der Waals surface area (Å²) in [6.45, 7) is 8.01. The van der Waals surface area contributed by atoms with E-state index in [0.717, 1.165) is 12.5 Å². The molecule has 94 valence electrons. The smallest absolute Gasteiger partial charge is 0.0233 e. The van der Waals surface area contributed by atoms with E-state index in [1.165, 1.54) is 48.0 Å². The summed E-state index contributed by atoms with van der Waals surface area (Å²) >= 11 is 3.60. The second-order valence-corrected chi connectivity index (χ2v) is 6.02. The topological polar surface area (TPSA) is 3.24 Å². The van der Waals surface area contributed by atoms with Gasteiger partial charge in [0.1, 0.15) is 0 Å². The zero-order valence-electron chi connectivity index (χ0n) is 10.9. The van der Waals surface area contributed by atoms with Crippen molar-refractivity contribution in [2.24, 2.45) is 5.92 Å². The van der Waals surface area contributed by atoms with Crippen LogP contribution in [0.25, 0.3) is 0 Å². The monoisotopic (exact) mass is 295 g/mol. The van der Waals surface area contributed by atoms with E-state index in [2.05, 4.69) is 52.9 Å². The van der Waals surface area contributed by atoms with Gasteiger partial charge in [-0.15, -0.1) is 0 Å². The standard InChI is InChI=1S/C15H22BrN/c1-12-7-13(2)9-15(8-12)11-17-5-3-14(10-16)4-6-17/h7-9,14H,3-6,10-11H2,1-2H3. The fourth-order valence-corrected chi connectivity index (χ4v) is 3.36. The molecule has 1 nitrogen and oxygen atoms in total. The number of rotatable bonds is 3. The third-order valence-electron chi connectivity index (χ3n) is 3.61. The minimum absolute atomic E-state index is 0.894. The Morgan fingerprint density at radius 3 is 2.24 bits per heavy atom. The molecule has 1 aromatic rings. The number of nitrogens with zero attached hydrogens (tertiary/aromatic N) is 1. The number of alkyl halides is 1. The molecule has 0 atom stereocenters. The van der Waals surface area contributed by atoms with Crippen molar-refractivity contribution >= 4 is 15.9 Å². The highest BCUT2D eigenvalue weighted by atomic mass is 79.9. The fraction of sp³-hybridized carbons (Fsp3) is 0.600. The SMILES string of the molecule is Cc1cc(C)cc(CN2CCC(CBr)CC2)c1. The third-order valence-corrected chi connectivity index (χ3v) is 4.53. The lowest BCUT2D eigenvalue weighted by Crippen LogP contribution is -2.33. The third kappa shape index (κ3) is 3.82. The number of benzene rings is 1. The van der Waals surface area contributed by atoms with E-state index >= 15 is 0 Å². The summed E-state index contributed by atoms with van der Waals surface area (Å²) < 4.78 is 0. The minimum atomic E-state index is 0.894. The molecular weight excluding hydrogens is 274 g/mol. The highest BCUT2D eigenvalue weighted by Gasteiger charge is 2.18. The Morgan fingerprint density at radius 1 is 1.12 bits per heavy atom. The molecular formula is C15H22BrN. The van der Waals surface area contributed by atoms with E-state index in [1.54, 1.807) is 0 Å². The number of piperidine rings is 1. The summed E-state index contributed by atoms with van der Waals surface area (Å²) in [5, 5.41) is 1.17. The Balaban J connectivity index is 1.93. The molecule has 1 aromatic carbocycles. The van der Waals surface area contributed by atoms with E-state index < -0.39 is 0 Å². The molecule has 1 aliphatic heterocycles. The number of hydrogen-bond donors (Lipinski definition) is 0. The first kappa shape index (κ1) is 13.1. The summed E-state index contributed by atoms with van der Waals surface area (Å²) in [7, 11) is 0. The summed E-state index contributed by atoms with van der Waals surface area (Å²) in [6, 6.07) is 6.90. The van der Waals surface area contributed by atoms with E-state index in [-0.39, 0.29) is 0 Å². The predicted octanol–water partition coefficient (Wildman–Crippen LogP) is 3.91. The van der Waals surface area contributed by atoms with Crippen LogP contribution in [0.15, 0.2) is 18.2 Å². The Hall–Kier alpha value is -0.340. The van der Waals surface area contributed by atoms with E-state index in [9.17, 15) is 0 Å². The summed E-state index contributed by atoms with van der Waals surface area (Å²) in [5.41, 5.74) is 4.24. The molecule has 0 radical (unpaired) electrons. The molecule has 0 aliphatic carbocycles. The van der Waals surface area contributed by atoms with Crippen molar-refractivity contribution in [2.75, 3.05) is 18.4 Å². The lowest BCUT2D eigenvalue weighted by molar-refractivity contribution is 0.187. The first-order chi connectivity index (χ1) is 8.17. The first-order valence-electron chi connectivity index (χ1n) is 6.53. The molecule has 17 heavy (non-hydrogen) atoms. The van der Waals surface area contributed by atoms with Crippen LogP contribution in [0.3, 0.4) is 0 Å². The second-order valence-electron chi connectivity index (χ2n) is 5.37. The average Bonchev–Trinajstić information content (AvgIpc) is 2.28. The average molecular weight is 296 g/mol. The highest BCUT2D eigenvalue weighted by Crippen LogP contribution is 2.21. The van der Waals surface area contributed by atoms with Crippen molar-refractivity contribution in [3.8, 4) is 0 Å². The van der Waals surface area contributed by atoms with Crippen molar-refractivity contribution in [1.29, 1.82) is 0 Å². The second kappa shape index (κ2) is 6.01. The van der Waals surface area contributed by atoms with Gasteiger partial charge in [-0.25, -0.2) is 0 Å². The molecule has 0 spiro atoms.